The number of amides is 1. The first-order valence-corrected chi connectivity index (χ1v) is 11.5. The highest BCUT2D eigenvalue weighted by Crippen LogP contribution is 2.26. The number of likely N-dealkylation sites (N-methyl/N-ethyl adjacent to an activating group) is 1. The molecular formula is C20H19ClF2N4O4S. The van der Waals surface area contributed by atoms with Crippen molar-refractivity contribution in [3.63, 3.8) is 0 Å². The van der Waals surface area contributed by atoms with Gasteiger partial charge in [-0.25, -0.2) is 17.2 Å². The van der Waals surface area contributed by atoms with Crippen LogP contribution in [0.1, 0.15) is 12.8 Å². The van der Waals surface area contributed by atoms with Crippen LogP contribution in [0.2, 0.25) is 5.02 Å². The van der Waals surface area contributed by atoms with Crippen LogP contribution in [-0.2, 0) is 21.4 Å². The molecular weight excluding hydrogens is 466 g/mol. The number of aromatic nitrogens is 2. The number of halogens is 3. The van der Waals surface area contributed by atoms with E-state index in [0.717, 1.165) is 22.7 Å². The Morgan fingerprint density at radius 3 is 2.50 bits per heavy atom. The van der Waals surface area contributed by atoms with Crippen molar-refractivity contribution in [2.75, 3.05) is 17.6 Å². The molecule has 0 saturated heterocycles. The van der Waals surface area contributed by atoms with Gasteiger partial charge in [-0.3, -0.25) is 9.10 Å². The highest BCUT2D eigenvalue weighted by Gasteiger charge is 2.32. The van der Waals surface area contributed by atoms with Gasteiger partial charge in [0, 0.05) is 18.7 Å². The molecule has 0 aliphatic heterocycles. The van der Waals surface area contributed by atoms with Gasteiger partial charge in [-0.1, -0.05) is 28.9 Å². The van der Waals surface area contributed by atoms with E-state index in [2.05, 4.69) is 10.1 Å². The maximum atomic E-state index is 13.7. The topological polar surface area (TPSA) is 96.6 Å². The fourth-order valence-electron chi connectivity index (χ4n) is 3.10. The number of anilines is 1. The Morgan fingerprint density at radius 1 is 1.19 bits per heavy atom. The lowest BCUT2D eigenvalue weighted by molar-refractivity contribution is -0.131. The molecule has 0 spiro atoms. The first-order chi connectivity index (χ1) is 15.0. The summed E-state index contributed by atoms with van der Waals surface area (Å²) in [4.78, 5) is 18.3. The number of hydrogen-bond donors (Lipinski definition) is 0. The zero-order valence-corrected chi connectivity index (χ0v) is 18.9. The third-order valence-electron chi connectivity index (χ3n) is 4.56. The molecule has 0 aliphatic rings. The quantitative estimate of drug-likeness (QED) is 0.509. The van der Waals surface area contributed by atoms with Crippen LogP contribution in [0.15, 0.2) is 47.0 Å². The summed E-state index contributed by atoms with van der Waals surface area (Å²) < 4.78 is 57.5. The molecule has 3 aromatic rings. The Labute approximate surface area is 188 Å². The zero-order chi connectivity index (χ0) is 23.6. The van der Waals surface area contributed by atoms with Crippen molar-refractivity contribution in [2.24, 2.45) is 0 Å². The number of benzene rings is 2. The molecule has 0 N–H and O–H groups in total. The summed E-state index contributed by atoms with van der Waals surface area (Å²) in [6.07, 6.45) is 0.867. The Bertz CT molecular complexity index is 1250. The fourth-order valence-corrected chi connectivity index (χ4v) is 4.48. The van der Waals surface area contributed by atoms with E-state index in [9.17, 15) is 22.0 Å². The molecule has 8 nitrogen and oxygen atoms in total. The molecule has 1 amide bonds. The Kier molecular flexibility index (Phi) is 6.79. The summed E-state index contributed by atoms with van der Waals surface area (Å²) in [7, 11) is -2.58. The second kappa shape index (κ2) is 9.21. The van der Waals surface area contributed by atoms with E-state index < -0.39 is 33.6 Å². The van der Waals surface area contributed by atoms with E-state index in [-0.39, 0.29) is 23.9 Å². The highest BCUT2D eigenvalue weighted by molar-refractivity contribution is 7.92. The van der Waals surface area contributed by atoms with Gasteiger partial charge in [-0.05, 0) is 31.2 Å². The molecule has 1 aromatic heterocycles. The smallest absolute Gasteiger partial charge is 0.246 e. The average Bonchev–Trinajstić information content (AvgIpc) is 3.17. The van der Waals surface area contributed by atoms with Crippen LogP contribution in [0.5, 0.6) is 0 Å². The lowest BCUT2D eigenvalue weighted by Crippen LogP contribution is -2.48. The second-order valence-electron chi connectivity index (χ2n) is 7.02. The molecule has 12 heteroatoms. The molecule has 0 saturated carbocycles. The molecule has 0 radical (unpaired) electrons. The SMILES string of the molecule is C[C@@H](C(=O)N(C)Cc1nc(-c2ccccc2Cl)no1)N(c1ccc(F)c(F)c1)S(C)(=O)=O. The minimum atomic E-state index is -4.00. The number of nitrogens with zero attached hydrogens (tertiary/aromatic N) is 4. The molecule has 0 aliphatic carbocycles. The Balaban J connectivity index is 1.81. The minimum absolute atomic E-state index is 0.0988. The van der Waals surface area contributed by atoms with E-state index in [1.165, 1.54) is 18.9 Å². The standard InChI is InChI=1S/C20H19ClF2N4O4S/c1-12(27(32(3,29)30)13-8-9-16(22)17(23)10-13)20(28)26(2)11-18-24-19(25-31-18)14-6-4-5-7-15(14)21/h4-10,12H,11H2,1-3H3/t12-/m0/s1. The number of carbonyl (C=O) groups excluding carboxylic acids is 1. The van der Waals surface area contributed by atoms with Crippen LogP contribution in [-0.4, -0.2) is 48.7 Å². The molecule has 3 rings (SSSR count). The van der Waals surface area contributed by atoms with Crippen molar-refractivity contribution in [3.8, 4) is 11.4 Å². The first-order valence-electron chi connectivity index (χ1n) is 9.26. The second-order valence-corrected chi connectivity index (χ2v) is 9.29. The van der Waals surface area contributed by atoms with Crippen molar-refractivity contribution < 1.29 is 26.5 Å². The fraction of sp³-hybridized carbons (Fsp3) is 0.250. The number of rotatable bonds is 7. The van der Waals surface area contributed by atoms with Gasteiger partial charge in [0.1, 0.15) is 6.04 Å². The van der Waals surface area contributed by atoms with E-state index in [0.29, 0.717) is 16.7 Å². The molecule has 1 heterocycles. The van der Waals surface area contributed by atoms with E-state index in [4.69, 9.17) is 16.1 Å². The molecule has 2 aromatic carbocycles. The summed E-state index contributed by atoms with van der Waals surface area (Å²) in [6, 6.07) is 8.21. The Morgan fingerprint density at radius 2 is 1.88 bits per heavy atom. The van der Waals surface area contributed by atoms with Gasteiger partial charge in [-0.2, -0.15) is 4.98 Å². The van der Waals surface area contributed by atoms with Crippen molar-refractivity contribution in [3.05, 3.63) is 65.0 Å². The molecule has 32 heavy (non-hydrogen) atoms. The summed E-state index contributed by atoms with van der Waals surface area (Å²) in [5, 5.41) is 4.28. The van der Waals surface area contributed by atoms with Gasteiger partial charge in [0.2, 0.25) is 27.6 Å². The minimum Gasteiger partial charge on any atom is -0.337 e. The van der Waals surface area contributed by atoms with Gasteiger partial charge >= 0.3 is 0 Å². The van der Waals surface area contributed by atoms with E-state index in [1.54, 1.807) is 24.3 Å². The third kappa shape index (κ3) is 5.05. The number of sulfonamides is 1. The van der Waals surface area contributed by atoms with Gasteiger partial charge in [-0.15, -0.1) is 0 Å². The van der Waals surface area contributed by atoms with Crippen LogP contribution in [0.25, 0.3) is 11.4 Å². The van der Waals surface area contributed by atoms with Gasteiger partial charge in [0.05, 0.1) is 23.5 Å². The van der Waals surface area contributed by atoms with Gasteiger partial charge in [0.15, 0.2) is 11.6 Å². The van der Waals surface area contributed by atoms with Crippen LogP contribution in [0.4, 0.5) is 14.5 Å². The van der Waals surface area contributed by atoms with Crippen molar-refractivity contribution >= 4 is 33.2 Å². The Hall–Kier alpha value is -3.05. The maximum Gasteiger partial charge on any atom is 0.246 e. The zero-order valence-electron chi connectivity index (χ0n) is 17.3. The molecule has 170 valence electrons. The monoisotopic (exact) mass is 484 g/mol. The number of hydrogen-bond acceptors (Lipinski definition) is 6. The number of carbonyl (C=O) groups is 1. The molecule has 0 bridgehead atoms. The summed E-state index contributed by atoms with van der Waals surface area (Å²) >= 11 is 6.12. The van der Waals surface area contributed by atoms with Crippen molar-refractivity contribution in [1.29, 1.82) is 0 Å². The summed E-state index contributed by atoms with van der Waals surface area (Å²) in [5.41, 5.74) is 0.368. The maximum absolute atomic E-state index is 13.7. The van der Waals surface area contributed by atoms with Gasteiger partial charge in [0.25, 0.3) is 0 Å². The van der Waals surface area contributed by atoms with E-state index in [1.807, 2.05) is 0 Å². The van der Waals surface area contributed by atoms with Crippen LogP contribution >= 0.6 is 11.6 Å². The molecule has 0 fully saturated rings. The third-order valence-corrected chi connectivity index (χ3v) is 6.13. The predicted molar refractivity (Wildman–Crippen MR) is 114 cm³/mol. The lowest BCUT2D eigenvalue weighted by atomic mass is 10.2. The first kappa shape index (κ1) is 23.6. The van der Waals surface area contributed by atoms with Crippen molar-refractivity contribution in [1.82, 2.24) is 15.0 Å². The largest absolute Gasteiger partial charge is 0.337 e. The average molecular weight is 485 g/mol. The summed E-state index contributed by atoms with van der Waals surface area (Å²) in [5.74, 6) is -2.66. The van der Waals surface area contributed by atoms with Crippen LogP contribution in [0.3, 0.4) is 0 Å². The van der Waals surface area contributed by atoms with Gasteiger partial charge < -0.3 is 9.42 Å². The van der Waals surface area contributed by atoms with E-state index >= 15 is 0 Å². The molecule has 0 unspecified atom stereocenters. The molecule has 1 atom stereocenters. The lowest BCUT2D eigenvalue weighted by Gasteiger charge is -2.30. The van der Waals surface area contributed by atoms with Crippen molar-refractivity contribution in [2.45, 2.75) is 19.5 Å². The summed E-state index contributed by atoms with van der Waals surface area (Å²) in [6.45, 7) is 1.22. The normalized spacial score (nSPS) is 12.4. The van der Waals surface area contributed by atoms with Crippen LogP contribution in [0, 0.1) is 11.6 Å². The highest BCUT2D eigenvalue weighted by atomic mass is 35.5. The predicted octanol–water partition coefficient (Wildman–Crippen LogP) is 3.48. The van der Waals surface area contributed by atoms with Crippen LogP contribution < -0.4 is 4.31 Å².